The van der Waals surface area contributed by atoms with Gasteiger partial charge in [-0.3, -0.25) is 10.1 Å². The number of carbonyl (C=O) groups excluding carboxylic acids is 2. The van der Waals surface area contributed by atoms with Crippen LogP contribution in [0, 0.1) is 6.92 Å². The number of halogens is 1. The van der Waals surface area contributed by atoms with Crippen molar-refractivity contribution in [3.05, 3.63) is 16.5 Å². The van der Waals surface area contributed by atoms with E-state index < -0.39 is 12.0 Å². The van der Waals surface area contributed by atoms with E-state index in [1.54, 1.807) is 12.3 Å². The number of thiophene rings is 1. The Balaban J connectivity index is 2.74. The third-order valence-corrected chi connectivity index (χ3v) is 2.91. The lowest BCUT2D eigenvalue weighted by Gasteiger charge is -2.05. The van der Waals surface area contributed by atoms with Crippen molar-refractivity contribution in [2.45, 2.75) is 6.92 Å². The largest absolute Gasteiger partial charge is 0.448 e. The summed E-state index contributed by atoms with van der Waals surface area (Å²) in [5, 5.41) is 4.57. The predicted octanol–water partition coefficient (Wildman–Crippen LogP) is 1.94. The van der Waals surface area contributed by atoms with Gasteiger partial charge in [-0.25, -0.2) is 4.79 Å². The average Bonchev–Trinajstić information content (AvgIpc) is 2.56. The van der Waals surface area contributed by atoms with E-state index in [0.29, 0.717) is 10.6 Å². The van der Waals surface area contributed by atoms with Gasteiger partial charge in [0.15, 0.2) is 0 Å². The molecule has 0 atom stereocenters. The summed E-state index contributed by atoms with van der Waals surface area (Å²) in [6, 6.07) is 0. The Kier molecular flexibility index (Phi) is 4.57. The highest BCUT2D eigenvalue weighted by atomic mass is 35.5. The first-order valence-corrected chi connectivity index (χ1v) is 5.85. The summed E-state index contributed by atoms with van der Waals surface area (Å²) in [5.74, 6) is -0.356. The standard InChI is InChI=1S/C9H11ClN2O3S/c1-5-4-16-8(6(5)7(11)13)12-9(14)15-3-2-10/h4H,2-3H2,1H3,(H2,11,13)(H,12,14). The molecule has 0 saturated carbocycles. The summed E-state index contributed by atoms with van der Waals surface area (Å²) in [6.45, 7) is 1.86. The van der Waals surface area contributed by atoms with Crippen molar-refractivity contribution < 1.29 is 14.3 Å². The minimum absolute atomic E-state index is 0.115. The van der Waals surface area contributed by atoms with Crippen molar-refractivity contribution in [3.63, 3.8) is 0 Å². The maximum Gasteiger partial charge on any atom is 0.412 e. The van der Waals surface area contributed by atoms with Gasteiger partial charge in [0.05, 0.1) is 11.4 Å². The molecule has 0 aromatic carbocycles. The summed E-state index contributed by atoms with van der Waals surface area (Å²) in [6.07, 6.45) is -0.648. The normalized spacial score (nSPS) is 9.88. The van der Waals surface area contributed by atoms with Crippen LogP contribution in [0.1, 0.15) is 15.9 Å². The first kappa shape index (κ1) is 12.8. The van der Waals surface area contributed by atoms with E-state index in [-0.39, 0.29) is 12.5 Å². The van der Waals surface area contributed by atoms with Crippen LogP contribution in [-0.2, 0) is 4.74 Å². The molecule has 0 aliphatic carbocycles. The number of rotatable bonds is 4. The second-order valence-corrected chi connectivity index (χ2v) is 4.19. The van der Waals surface area contributed by atoms with Crippen LogP contribution in [0.2, 0.25) is 0 Å². The smallest absolute Gasteiger partial charge is 0.412 e. The number of anilines is 1. The highest BCUT2D eigenvalue weighted by Gasteiger charge is 2.16. The molecule has 1 heterocycles. The van der Waals surface area contributed by atoms with Gasteiger partial charge in [0.25, 0.3) is 5.91 Å². The topological polar surface area (TPSA) is 81.4 Å². The molecule has 0 radical (unpaired) electrons. The monoisotopic (exact) mass is 262 g/mol. The molecule has 1 aromatic heterocycles. The van der Waals surface area contributed by atoms with E-state index in [1.807, 2.05) is 0 Å². The minimum atomic E-state index is -0.648. The third-order valence-electron chi connectivity index (χ3n) is 1.75. The molecule has 1 aromatic rings. The maximum absolute atomic E-state index is 11.2. The number of nitrogens with two attached hydrogens (primary N) is 1. The van der Waals surface area contributed by atoms with Crippen LogP contribution in [-0.4, -0.2) is 24.5 Å². The van der Waals surface area contributed by atoms with Gasteiger partial charge >= 0.3 is 6.09 Å². The SMILES string of the molecule is Cc1csc(NC(=O)OCCCl)c1C(N)=O. The number of aryl methyl sites for hydroxylation is 1. The molecule has 0 saturated heterocycles. The van der Waals surface area contributed by atoms with Gasteiger partial charge < -0.3 is 10.5 Å². The van der Waals surface area contributed by atoms with E-state index in [0.717, 1.165) is 5.56 Å². The lowest BCUT2D eigenvalue weighted by Crippen LogP contribution is -2.18. The number of alkyl halides is 1. The Morgan fingerprint density at radius 1 is 1.62 bits per heavy atom. The van der Waals surface area contributed by atoms with Gasteiger partial charge in [-0.15, -0.1) is 22.9 Å². The van der Waals surface area contributed by atoms with E-state index in [2.05, 4.69) is 5.32 Å². The molecule has 3 N–H and O–H groups in total. The number of hydrogen-bond donors (Lipinski definition) is 2. The van der Waals surface area contributed by atoms with Gasteiger partial charge in [0, 0.05) is 0 Å². The molecule has 0 aliphatic rings. The van der Waals surface area contributed by atoms with Crippen LogP contribution in [0.5, 0.6) is 0 Å². The summed E-state index contributed by atoms with van der Waals surface area (Å²) >= 11 is 6.58. The number of primary amides is 1. The fourth-order valence-corrected chi connectivity index (χ4v) is 2.11. The fourth-order valence-electron chi connectivity index (χ4n) is 1.10. The van der Waals surface area contributed by atoms with Crippen molar-refractivity contribution >= 4 is 39.9 Å². The summed E-state index contributed by atoms with van der Waals surface area (Å²) in [7, 11) is 0. The number of carbonyl (C=O) groups is 2. The van der Waals surface area contributed by atoms with Crippen molar-refractivity contribution in [2.24, 2.45) is 5.73 Å². The number of hydrogen-bond acceptors (Lipinski definition) is 4. The fraction of sp³-hybridized carbons (Fsp3) is 0.333. The predicted molar refractivity (Wildman–Crippen MR) is 63.3 cm³/mol. The molecule has 0 spiro atoms. The highest BCUT2D eigenvalue weighted by Crippen LogP contribution is 2.27. The lowest BCUT2D eigenvalue weighted by molar-refractivity contribution is 0.100. The van der Waals surface area contributed by atoms with Gasteiger partial charge in [-0.2, -0.15) is 0 Å². The van der Waals surface area contributed by atoms with Crippen molar-refractivity contribution in [1.82, 2.24) is 0 Å². The quantitative estimate of drug-likeness (QED) is 0.814. The molecule has 0 bridgehead atoms. The van der Waals surface area contributed by atoms with Gasteiger partial charge in [-0.05, 0) is 17.9 Å². The van der Waals surface area contributed by atoms with Gasteiger partial charge in [0.1, 0.15) is 11.6 Å². The molecule has 1 rings (SSSR count). The third kappa shape index (κ3) is 3.11. The second-order valence-electron chi connectivity index (χ2n) is 2.94. The Bertz CT molecular complexity index is 405. The molecule has 7 heteroatoms. The number of ether oxygens (including phenoxy) is 1. The van der Waals surface area contributed by atoms with Crippen LogP contribution < -0.4 is 11.1 Å². The van der Waals surface area contributed by atoms with Crippen LogP contribution in [0.15, 0.2) is 5.38 Å². The van der Waals surface area contributed by atoms with Crippen molar-refractivity contribution in [2.75, 3.05) is 17.8 Å². The van der Waals surface area contributed by atoms with Crippen LogP contribution in [0.3, 0.4) is 0 Å². The van der Waals surface area contributed by atoms with Gasteiger partial charge in [0.2, 0.25) is 0 Å². The van der Waals surface area contributed by atoms with Crippen LogP contribution in [0.25, 0.3) is 0 Å². The van der Waals surface area contributed by atoms with Crippen molar-refractivity contribution in [3.8, 4) is 0 Å². The molecule has 2 amide bonds. The highest BCUT2D eigenvalue weighted by molar-refractivity contribution is 7.15. The summed E-state index contributed by atoms with van der Waals surface area (Å²) < 4.78 is 4.71. The molecule has 88 valence electrons. The molecule has 5 nitrogen and oxygen atoms in total. The average molecular weight is 263 g/mol. The molecule has 0 aliphatic heterocycles. The van der Waals surface area contributed by atoms with E-state index in [1.165, 1.54) is 11.3 Å². The van der Waals surface area contributed by atoms with Crippen LogP contribution in [0.4, 0.5) is 9.80 Å². The minimum Gasteiger partial charge on any atom is -0.448 e. The molecule has 0 fully saturated rings. The first-order valence-electron chi connectivity index (χ1n) is 4.44. The summed E-state index contributed by atoms with van der Waals surface area (Å²) in [5.41, 5.74) is 6.23. The van der Waals surface area contributed by atoms with E-state index in [9.17, 15) is 9.59 Å². The Morgan fingerprint density at radius 3 is 2.88 bits per heavy atom. The van der Waals surface area contributed by atoms with Gasteiger partial charge in [-0.1, -0.05) is 0 Å². The maximum atomic E-state index is 11.2. The Morgan fingerprint density at radius 2 is 2.31 bits per heavy atom. The number of nitrogens with one attached hydrogen (secondary N) is 1. The molecular formula is C9H11ClN2O3S. The zero-order valence-corrected chi connectivity index (χ0v) is 10.2. The first-order chi connectivity index (χ1) is 7.56. The van der Waals surface area contributed by atoms with Crippen molar-refractivity contribution in [1.29, 1.82) is 0 Å². The second kappa shape index (κ2) is 5.72. The Hall–Kier alpha value is -1.27. The van der Waals surface area contributed by atoms with E-state index >= 15 is 0 Å². The zero-order chi connectivity index (χ0) is 12.1. The molecule has 16 heavy (non-hydrogen) atoms. The Labute approximate surface area is 102 Å². The van der Waals surface area contributed by atoms with E-state index in [4.69, 9.17) is 22.1 Å². The number of amides is 2. The molecule has 0 unspecified atom stereocenters. The molecular weight excluding hydrogens is 252 g/mol. The lowest BCUT2D eigenvalue weighted by atomic mass is 10.2. The summed E-state index contributed by atoms with van der Waals surface area (Å²) in [4.78, 5) is 22.3. The van der Waals surface area contributed by atoms with Crippen LogP contribution >= 0.6 is 22.9 Å². The zero-order valence-electron chi connectivity index (χ0n) is 8.58.